The minimum absolute atomic E-state index is 0.183. The van der Waals surface area contributed by atoms with E-state index in [1.165, 1.54) is 6.08 Å². The largest absolute Gasteiger partial charge is 0.398 e. The Morgan fingerprint density at radius 1 is 1.19 bits per heavy atom. The topological polar surface area (TPSA) is 68.0 Å². The Hall–Kier alpha value is -2.41. The number of halogens is 1. The van der Waals surface area contributed by atoms with E-state index in [-0.39, 0.29) is 5.91 Å². The molecule has 0 fully saturated rings. The normalized spacial score (nSPS) is 11.2. The molecule has 0 aliphatic rings. The molecule has 132 valence electrons. The first-order valence-electron chi connectivity index (χ1n) is 8.49. The van der Waals surface area contributed by atoms with E-state index in [0.717, 1.165) is 38.6 Å². The molecule has 5 heteroatoms. The summed E-state index contributed by atoms with van der Waals surface area (Å²) >= 11 is 2.25. The maximum atomic E-state index is 12.2. The number of anilines is 2. The lowest BCUT2D eigenvalue weighted by atomic mass is 10.1. The highest BCUT2D eigenvalue weighted by Crippen LogP contribution is 2.24. The van der Waals surface area contributed by atoms with Gasteiger partial charge in [0.15, 0.2) is 0 Å². The third-order valence-electron chi connectivity index (χ3n) is 3.96. The van der Waals surface area contributed by atoms with E-state index in [0.29, 0.717) is 11.4 Å². The van der Waals surface area contributed by atoms with Crippen LogP contribution in [0.4, 0.5) is 11.4 Å². The van der Waals surface area contributed by atoms with Crippen LogP contribution in [0, 0.1) is 3.57 Å². The van der Waals surface area contributed by atoms with E-state index >= 15 is 0 Å². The molecule has 26 heavy (non-hydrogen) atoms. The van der Waals surface area contributed by atoms with Crippen LogP contribution in [0.3, 0.4) is 0 Å². The summed E-state index contributed by atoms with van der Waals surface area (Å²) in [6.45, 7) is 2.12. The highest BCUT2D eigenvalue weighted by atomic mass is 127. The van der Waals surface area contributed by atoms with Crippen molar-refractivity contribution >= 4 is 56.9 Å². The average Bonchev–Trinajstić information content (AvgIpc) is 2.62. The van der Waals surface area contributed by atoms with E-state index in [2.05, 4.69) is 39.8 Å². The van der Waals surface area contributed by atoms with Gasteiger partial charge in [-0.1, -0.05) is 25.5 Å². The smallest absolute Gasteiger partial charge is 0.248 e. The second-order valence-corrected chi connectivity index (χ2v) is 7.30. The number of nitrogens with two attached hydrogens (primary N) is 1. The van der Waals surface area contributed by atoms with Crippen molar-refractivity contribution in [3.63, 3.8) is 0 Å². The number of fused-ring (bicyclic) bond motifs is 1. The van der Waals surface area contributed by atoms with Gasteiger partial charge in [0.25, 0.3) is 0 Å². The van der Waals surface area contributed by atoms with Crippen LogP contribution in [0.2, 0.25) is 0 Å². The zero-order valence-corrected chi connectivity index (χ0v) is 16.7. The number of carbonyl (C=O) groups is 1. The van der Waals surface area contributed by atoms with Crippen LogP contribution in [0.15, 0.2) is 54.6 Å². The molecule has 0 unspecified atom stereocenters. The van der Waals surface area contributed by atoms with Gasteiger partial charge in [-0.15, -0.1) is 0 Å². The van der Waals surface area contributed by atoms with Crippen molar-refractivity contribution in [2.24, 2.45) is 0 Å². The van der Waals surface area contributed by atoms with Gasteiger partial charge in [-0.3, -0.25) is 9.78 Å². The standard InChI is InChI=1S/C21H20IN3O/c1-2-3-16-13-19(23)18-12-17(9-10-20(18)24-16)25-21(26)11-6-14-4-7-15(22)8-5-14/h4-13H,2-3H2,1H3,(H2,23,24)(H,25,26). The predicted octanol–water partition coefficient (Wildman–Crippen LogP) is 5.03. The summed E-state index contributed by atoms with van der Waals surface area (Å²) in [5.74, 6) is -0.183. The van der Waals surface area contributed by atoms with Gasteiger partial charge in [0.1, 0.15) is 0 Å². The van der Waals surface area contributed by atoms with Crippen molar-refractivity contribution in [3.8, 4) is 0 Å². The number of pyridine rings is 1. The summed E-state index contributed by atoms with van der Waals surface area (Å²) in [6, 6.07) is 15.5. The Kier molecular flexibility index (Phi) is 5.88. The molecule has 3 rings (SSSR count). The molecule has 0 spiro atoms. The third-order valence-corrected chi connectivity index (χ3v) is 4.68. The van der Waals surface area contributed by atoms with E-state index < -0.39 is 0 Å². The van der Waals surface area contributed by atoms with Crippen molar-refractivity contribution in [2.45, 2.75) is 19.8 Å². The van der Waals surface area contributed by atoms with Gasteiger partial charge >= 0.3 is 0 Å². The fraction of sp³-hybridized carbons (Fsp3) is 0.143. The molecular weight excluding hydrogens is 437 g/mol. The van der Waals surface area contributed by atoms with Crippen LogP contribution in [-0.4, -0.2) is 10.9 Å². The summed E-state index contributed by atoms with van der Waals surface area (Å²) in [6.07, 6.45) is 5.25. The van der Waals surface area contributed by atoms with Crippen molar-refractivity contribution < 1.29 is 4.79 Å². The molecule has 3 N–H and O–H groups in total. The van der Waals surface area contributed by atoms with Gasteiger partial charge in [-0.2, -0.15) is 0 Å². The van der Waals surface area contributed by atoms with Gasteiger partial charge in [-0.05, 0) is 77.0 Å². The molecule has 4 nitrogen and oxygen atoms in total. The highest BCUT2D eigenvalue weighted by Gasteiger charge is 2.06. The first-order valence-corrected chi connectivity index (χ1v) is 9.57. The number of aromatic nitrogens is 1. The van der Waals surface area contributed by atoms with Gasteiger partial charge in [0.2, 0.25) is 5.91 Å². The average molecular weight is 457 g/mol. The van der Waals surface area contributed by atoms with Gasteiger partial charge < -0.3 is 11.1 Å². The first kappa shape index (κ1) is 18.4. The maximum Gasteiger partial charge on any atom is 0.248 e. The van der Waals surface area contributed by atoms with E-state index in [4.69, 9.17) is 5.73 Å². The molecule has 0 atom stereocenters. The Labute approximate surface area is 166 Å². The summed E-state index contributed by atoms with van der Waals surface area (Å²) in [5.41, 5.74) is 10.4. The number of hydrogen-bond donors (Lipinski definition) is 2. The van der Waals surface area contributed by atoms with Crippen molar-refractivity contribution in [3.05, 3.63) is 69.4 Å². The summed E-state index contributed by atoms with van der Waals surface area (Å²) in [5, 5.41) is 3.72. The van der Waals surface area contributed by atoms with Crippen molar-refractivity contribution in [2.75, 3.05) is 11.1 Å². The maximum absolute atomic E-state index is 12.2. The number of nitrogens with one attached hydrogen (secondary N) is 1. The molecule has 0 radical (unpaired) electrons. The number of aryl methyl sites for hydroxylation is 1. The lowest BCUT2D eigenvalue weighted by molar-refractivity contribution is -0.111. The lowest BCUT2D eigenvalue weighted by Crippen LogP contribution is -2.08. The number of benzene rings is 2. The Morgan fingerprint density at radius 3 is 2.69 bits per heavy atom. The fourth-order valence-electron chi connectivity index (χ4n) is 2.70. The number of amides is 1. The highest BCUT2D eigenvalue weighted by molar-refractivity contribution is 14.1. The van der Waals surface area contributed by atoms with Crippen molar-refractivity contribution in [1.82, 2.24) is 4.98 Å². The molecule has 3 aromatic rings. The monoisotopic (exact) mass is 457 g/mol. The Balaban J connectivity index is 1.75. The lowest BCUT2D eigenvalue weighted by Gasteiger charge is -2.08. The number of carbonyl (C=O) groups excluding carboxylic acids is 1. The third kappa shape index (κ3) is 4.60. The summed E-state index contributed by atoms with van der Waals surface area (Å²) in [4.78, 5) is 16.8. The van der Waals surface area contributed by atoms with E-state index in [9.17, 15) is 4.79 Å². The Bertz CT molecular complexity index is 965. The molecule has 1 heterocycles. The molecule has 1 amide bonds. The molecule has 0 aliphatic carbocycles. The zero-order chi connectivity index (χ0) is 18.5. The summed E-state index contributed by atoms with van der Waals surface area (Å²) in [7, 11) is 0. The molecule has 0 saturated heterocycles. The molecule has 2 aromatic carbocycles. The van der Waals surface area contributed by atoms with Gasteiger partial charge in [0, 0.05) is 32.1 Å². The van der Waals surface area contributed by atoms with Crippen LogP contribution in [0.5, 0.6) is 0 Å². The molecule has 0 aliphatic heterocycles. The zero-order valence-electron chi connectivity index (χ0n) is 14.5. The summed E-state index contributed by atoms with van der Waals surface area (Å²) < 4.78 is 1.16. The second-order valence-electron chi connectivity index (χ2n) is 6.06. The number of nitrogens with zero attached hydrogens (tertiary/aromatic N) is 1. The second kappa shape index (κ2) is 8.31. The van der Waals surface area contributed by atoms with Crippen LogP contribution in [-0.2, 0) is 11.2 Å². The van der Waals surface area contributed by atoms with Gasteiger partial charge in [0.05, 0.1) is 5.52 Å². The SMILES string of the molecule is CCCc1cc(N)c2cc(NC(=O)C=Cc3ccc(I)cc3)ccc2n1. The van der Waals surface area contributed by atoms with Gasteiger partial charge in [-0.25, -0.2) is 0 Å². The Morgan fingerprint density at radius 2 is 1.96 bits per heavy atom. The predicted molar refractivity (Wildman–Crippen MR) is 117 cm³/mol. The molecule has 0 bridgehead atoms. The van der Waals surface area contributed by atoms with E-state index in [1.807, 2.05) is 48.5 Å². The van der Waals surface area contributed by atoms with Crippen LogP contribution in [0.1, 0.15) is 24.6 Å². The molecular formula is C21H20IN3O. The van der Waals surface area contributed by atoms with E-state index in [1.54, 1.807) is 6.08 Å². The number of rotatable bonds is 5. The number of nitrogen functional groups attached to an aromatic ring is 1. The van der Waals surface area contributed by atoms with Crippen molar-refractivity contribution in [1.29, 1.82) is 0 Å². The molecule has 1 aromatic heterocycles. The molecule has 0 saturated carbocycles. The van der Waals surface area contributed by atoms with Crippen LogP contribution < -0.4 is 11.1 Å². The minimum atomic E-state index is -0.183. The van der Waals surface area contributed by atoms with Crippen LogP contribution in [0.25, 0.3) is 17.0 Å². The fourth-order valence-corrected chi connectivity index (χ4v) is 3.06. The quantitative estimate of drug-likeness (QED) is 0.418. The minimum Gasteiger partial charge on any atom is -0.398 e. The first-order chi connectivity index (χ1) is 12.5. The number of hydrogen-bond acceptors (Lipinski definition) is 3. The van der Waals surface area contributed by atoms with Crippen LogP contribution >= 0.6 is 22.6 Å².